The van der Waals surface area contributed by atoms with Crippen LogP contribution in [-0.2, 0) is 10.0 Å². The maximum Gasteiger partial charge on any atom is 0.262 e. The van der Waals surface area contributed by atoms with E-state index in [4.69, 9.17) is 0 Å². The number of benzene rings is 1. The molecule has 0 aliphatic heterocycles. The van der Waals surface area contributed by atoms with E-state index in [-0.39, 0.29) is 4.90 Å². The molecule has 0 spiro atoms. The molecule has 0 amide bonds. The fourth-order valence-corrected chi connectivity index (χ4v) is 3.82. The summed E-state index contributed by atoms with van der Waals surface area (Å²) in [5, 5.41) is 4.48. The monoisotopic (exact) mass is 342 g/mol. The molecule has 1 aliphatic carbocycles. The van der Waals surface area contributed by atoms with Gasteiger partial charge < -0.3 is 0 Å². The van der Waals surface area contributed by atoms with Gasteiger partial charge in [-0.3, -0.25) is 4.72 Å². The van der Waals surface area contributed by atoms with Crippen LogP contribution in [0.2, 0.25) is 0 Å². The molecule has 1 fully saturated rings. The average molecular weight is 342 g/mol. The first kappa shape index (κ1) is 15.1. The lowest BCUT2D eigenvalue weighted by Crippen LogP contribution is -2.13. The Labute approximate surface area is 140 Å². The molecular weight excluding hydrogens is 324 g/mol. The van der Waals surface area contributed by atoms with E-state index in [0.29, 0.717) is 17.3 Å². The summed E-state index contributed by atoms with van der Waals surface area (Å²) in [6.07, 6.45) is 5.18. The summed E-state index contributed by atoms with van der Waals surface area (Å²) in [5.41, 5.74) is 1.99. The van der Waals surface area contributed by atoms with E-state index in [1.807, 2.05) is 6.92 Å². The minimum Gasteiger partial charge on any atom is -0.276 e. The molecular formula is C17H18N4O2S. The van der Waals surface area contributed by atoms with Crippen molar-refractivity contribution in [3.8, 4) is 0 Å². The highest BCUT2D eigenvalue weighted by Crippen LogP contribution is 2.35. The number of hydrogen-bond acceptors (Lipinski definition) is 4. The SMILES string of the molecule is Cc1ccc(S(=O)(=O)Nc2cccn3nc(C4CCC4)nc23)cc1. The summed E-state index contributed by atoms with van der Waals surface area (Å²) in [4.78, 5) is 4.78. The van der Waals surface area contributed by atoms with Crippen LogP contribution < -0.4 is 4.72 Å². The van der Waals surface area contributed by atoms with Crippen LogP contribution in [-0.4, -0.2) is 23.0 Å². The highest BCUT2D eigenvalue weighted by Gasteiger charge is 2.25. The molecule has 2 aromatic heterocycles. The second-order valence-corrected chi connectivity index (χ2v) is 7.89. The van der Waals surface area contributed by atoms with Crippen molar-refractivity contribution in [3.63, 3.8) is 0 Å². The van der Waals surface area contributed by atoms with Gasteiger partial charge in [-0.2, -0.15) is 5.10 Å². The fourth-order valence-electron chi connectivity index (χ4n) is 2.76. The van der Waals surface area contributed by atoms with Crippen molar-refractivity contribution >= 4 is 21.4 Å². The number of rotatable bonds is 4. The molecule has 1 aliphatic rings. The normalized spacial score (nSPS) is 15.4. The number of hydrogen-bond donors (Lipinski definition) is 1. The van der Waals surface area contributed by atoms with Gasteiger partial charge in [0.05, 0.1) is 10.6 Å². The highest BCUT2D eigenvalue weighted by atomic mass is 32.2. The molecule has 0 saturated heterocycles. The number of nitrogens with one attached hydrogen (secondary N) is 1. The van der Waals surface area contributed by atoms with E-state index in [0.717, 1.165) is 24.2 Å². The Morgan fingerprint density at radius 2 is 1.92 bits per heavy atom. The van der Waals surface area contributed by atoms with Crippen LogP contribution in [0.3, 0.4) is 0 Å². The fraction of sp³-hybridized carbons (Fsp3) is 0.294. The van der Waals surface area contributed by atoms with Crippen LogP contribution in [0.5, 0.6) is 0 Å². The molecule has 0 radical (unpaired) electrons. The summed E-state index contributed by atoms with van der Waals surface area (Å²) in [5.74, 6) is 1.19. The smallest absolute Gasteiger partial charge is 0.262 e. The Morgan fingerprint density at radius 1 is 1.17 bits per heavy atom. The third kappa shape index (κ3) is 2.65. The zero-order valence-corrected chi connectivity index (χ0v) is 14.1. The molecule has 124 valence electrons. The van der Waals surface area contributed by atoms with E-state index in [1.54, 1.807) is 47.1 Å². The Balaban J connectivity index is 1.70. The molecule has 0 bridgehead atoms. The topological polar surface area (TPSA) is 76.4 Å². The summed E-state index contributed by atoms with van der Waals surface area (Å²) in [6.45, 7) is 1.92. The molecule has 1 aromatic carbocycles. The lowest BCUT2D eigenvalue weighted by atomic mass is 9.85. The van der Waals surface area contributed by atoms with Crippen molar-refractivity contribution < 1.29 is 8.42 Å². The molecule has 4 rings (SSSR count). The zero-order valence-electron chi connectivity index (χ0n) is 13.3. The predicted molar refractivity (Wildman–Crippen MR) is 91.6 cm³/mol. The van der Waals surface area contributed by atoms with Crippen LogP contribution in [0.4, 0.5) is 5.69 Å². The summed E-state index contributed by atoms with van der Waals surface area (Å²) >= 11 is 0. The maximum absolute atomic E-state index is 12.6. The van der Waals surface area contributed by atoms with Crippen LogP contribution in [0.1, 0.15) is 36.6 Å². The van der Waals surface area contributed by atoms with Crippen LogP contribution in [0.25, 0.3) is 5.65 Å². The van der Waals surface area contributed by atoms with E-state index in [9.17, 15) is 8.42 Å². The first-order valence-corrected chi connectivity index (χ1v) is 9.46. The first-order chi connectivity index (χ1) is 11.5. The largest absolute Gasteiger partial charge is 0.276 e. The summed E-state index contributed by atoms with van der Waals surface area (Å²) in [6, 6.07) is 10.2. The van der Waals surface area contributed by atoms with Gasteiger partial charge in [0.1, 0.15) is 0 Å². The molecule has 24 heavy (non-hydrogen) atoms. The third-order valence-electron chi connectivity index (χ3n) is 4.42. The second-order valence-electron chi connectivity index (χ2n) is 6.21. The van der Waals surface area contributed by atoms with E-state index < -0.39 is 10.0 Å². The third-order valence-corrected chi connectivity index (χ3v) is 5.81. The van der Waals surface area contributed by atoms with E-state index in [1.165, 1.54) is 6.42 Å². The van der Waals surface area contributed by atoms with E-state index >= 15 is 0 Å². The number of nitrogens with zero attached hydrogens (tertiary/aromatic N) is 3. The Hall–Kier alpha value is -2.41. The molecule has 2 heterocycles. The number of sulfonamides is 1. The Kier molecular flexibility index (Phi) is 3.53. The maximum atomic E-state index is 12.6. The van der Waals surface area contributed by atoms with Gasteiger partial charge in [0.25, 0.3) is 10.0 Å². The standard InChI is InChI=1S/C17H18N4O2S/c1-12-7-9-14(10-8-12)24(22,23)20-15-6-3-11-21-17(15)18-16(19-21)13-4-2-5-13/h3,6-11,13,20H,2,4-5H2,1H3. The number of pyridine rings is 1. The quantitative estimate of drug-likeness (QED) is 0.790. The van der Waals surface area contributed by atoms with Crippen LogP contribution in [0.15, 0.2) is 47.5 Å². The lowest BCUT2D eigenvalue weighted by molar-refractivity contribution is 0.402. The lowest BCUT2D eigenvalue weighted by Gasteiger charge is -2.21. The van der Waals surface area contributed by atoms with Gasteiger partial charge in [-0.15, -0.1) is 0 Å². The van der Waals surface area contributed by atoms with Crippen LogP contribution >= 0.6 is 0 Å². The van der Waals surface area contributed by atoms with E-state index in [2.05, 4.69) is 14.8 Å². The number of anilines is 1. The number of aromatic nitrogens is 3. The van der Waals surface area contributed by atoms with Gasteiger partial charge in [-0.05, 0) is 44.0 Å². The molecule has 3 aromatic rings. The van der Waals surface area contributed by atoms with Crippen molar-refractivity contribution in [1.82, 2.24) is 14.6 Å². The predicted octanol–water partition coefficient (Wildman–Crippen LogP) is 3.11. The summed E-state index contributed by atoms with van der Waals surface area (Å²) < 4.78 is 29.5. The van der Waals surface area contributed by atoms with Crippen molar-refractivity contribution in [3.05, 3.63) is 54.0 Å². The van der Waals surface area contributed by atoms with Crippen molar-refractivity contribution in [1.29, 1.82) is 0 Å². The van der Waals surface area contributed by atoms with Crippen molar-refractivity contribution in [2.75, 3.05) is 4.72 Å². The zero-order chi connectivity index (χ0) is 16.7. The molecule has 7 heteroatoms. The number of aryl methyl sites for hydroxylation is 1. The molecule has 1 N–H and O–H groups in total. The Morgan fingerprint density at radius 3 is 2.58 bits per heavy atom. The van der Waals surface area contributed by atoms with Gasteiger partial charge in [0.2, 0.25) is 0 Å². The summed E-state index contributed by atoms with van der Waals surface area (Å²) in [7, 11) is -3.66. The van der Waals surface area contributed by atoms with Gasteiger partial charge in [-0.25, -0.2) is 17.9 Å². The highest BCUT2D eigenvalue weighted by molar-refractivity contribution is 7.92. The molecule has 6 nitrogen and oxygen atoms in total. The van der Waals surface area contributed by atoms with Gasteiger partial charge in [0.15, 0.2) is 11.5 Å². The molecule has 1 saturated carbocycles. The first-order valence-electron chi connectivity index (χ1n) is 7.98. The van der Waals surface area contributed by atoms with Crippen molar-refractivity contribution in [2.45, 2.75) is 37.0 Å². The molecule has 0 unspecified atom stereocenters. The van der Waals surface area contributed by atoms with Crippen molar-refractivity contribution in [2.24, 2.45) is 0 Å². The average Bonchev–Trinajstić information content (AvgIpc) is 2.90. The minimum atomic E-state index is -3.66. The Bertz CT molecular complexity index is 989. The second kappa shape index (κ2) is 5.59. The molecule has 0 atom stereocenters. The van der Waals surface area contributed by atoms with Gasteiger partial charge >= 0.3 is 0 Å². The minimum absolute atomic E-state index is 0.230. The van der Waals surface area contributed by atoms with Crippen LogP contribution in [0, 0.1) is 6.92 Å². The van der Waals surface area contributed by atoms with Gasteiger partial charge in [-0.1, -0.05) is 24.1 Å². The van der Waals surface area contributed by atoms with Gasteiger partial charge in [0, 0.05) is 12.1 Å². The number of fused-ring (bicyclic) bond motifs is 1.